The third-order valence-electron chi connectivity index (χ3n) is 4.65. The molecule has 4 heteroatoms. The molecule has 1 saturated carbocycles. The van der Waals surface area contributed by atoms with Gasteiger partial charge >= 0.3 is 0 Å². The summed E-state index contributed by atoms with van der Waals surface area (Å²) in [5.41, 5.74) is 0.571. The zero-order valence-corrected chi connectivity index (χ0v) is 13.0. The van der Waals surface area contributed by atoms with E-state index in [2.05, 4.69) is 24.0 Å². The van der Waals surface area contributed by atoms with Crippen molar-refractivity contribution in [1.29, 1.82) is 0 Å². The third-order valence-corrected chi connectivity index (χ3v) is 7.49. The number of nitrogens with one attached hydrogen (secondary N) is 1. The smallest absolute Gasteiger partial charge is 0.156 e. The van der Waals surface area contributed by atoms with Crippen LogP contribution in [0, 0.1) is 5.41 Å². The number of nitrogens with zero attached hydrogens (tertiary/aromatic N) is 1. The van der Waals surface area contributed by atoms with E-state index in [4.69, 9.17) is 4.99 Å². The molecule has 0 amide bonds. The molecule has 1 N–H and O–H groups in total. The molecule has 0 bridgehead atoms. The van der Waals surface area contributed by atoms with Gasteiger partial charge in [-0.05, 0) is 43.8 Å². The third kappa shape index (κ3) is 2.84. The topological polar surface area (TPSA) is 24.4 Å². The highest BCUT2D eigenvalue weighted by Crippen LogP contribution is 2.43. The second-order valence-electron chi connectivity index (χ2n) is 6.37. The van der Waals surface area contributed by atoms with Crippen LogP contribution in [0.4, 0.5) is 0 Å². The lowest BCUT2D eigenvalue weighted by Crippen LogP contribution is -2.39. The van der Waals surface area contributed by atoms with Gasteiger partial charge in [-0.2, -0.15) is 11.8 Å². The summed E-state index contributed by atoms with van der Waals surface area (Å²) in [5.74, 6) is 2.63. The van der Waals surface area contributed by atoms with Gasteiger partial charge < -0.3 is 5.32 Å². The van der Waals surface area contributed by atoms with Crippen molar-refractivity contribution in [3.8, 4) is 0 Å². The fourth-order valence-electron chi connectivity index (χ4n) is 3.33. The molecular weight excluding hydrogens is 260 g/mol. The second kappa shape index (κ2) is 5.28. The average Bonchev–Trinajstić information content (AvgIpc) is 3.00. The minimum Gasteiger partial charge on any atom is -0.364 e. The molecule has 1 spiro atoms. The maximum absolute atomic E-state index is 4.82. The van der Waals surface area contributed by atoms with Crippen LogP contribution in [-0.2, 0) is 0 Å². The molecule has 102 valence electrons. The summed E-state index contributed by atoms with van der Waals surface area (Å²) in [6.45, 7) is 4.56. The Morgan fingerprint density at radius 3 is 2.67 bits per heavy atom. The first kappa shape index (κ1) is 13.2. The van der Waals surface area contributed by atoms with Gasteiger partial charge in [-0.25, -0.2) is 0 Å². The van der Waals surface area contributed by atoms with Crippen LogP contribution in [0.3, 0.4) is 0 Å². The summed E-state index contributed by atoms with van der Waals surface area (Å²) < 4.78 is 0.450. The van der Waals surface area contributed by atoms with E-state index in [9.17, 15) is 0 Å². The van der Waals surface area contributed by atoms with Crippen LogP contribution in [0.25, 0.3) is 0 Å². The van der Waals surface area contributed by atoms with Gasteiger partial charge in [0.1, 0.15) is 0 Å². The van der Waals surface area contributed by atoms with Crippen LogP contribution in [-0.4, -0.2) is 34.5 Å². The SMILES string of the molecule is CC1(CNC2=NCC3(CCCC3)CS2)CCCS1. The molecule has 0 radical (unpaired) electrons. The summed E-state index contributed by atoms with van der Waals surface area (Å²) in [4.78, 5) is 4.82. The van der Waals surface area contributed by atoms with E-state index >= 15 is 0 Å². The molecule has 1 unspecified atom stereocenters. The Morgan fingerprint density at radius 1 is 1.22 bits per heavy atom. The molecule has 1 saturated heterocycles. The minimum atomic E-state index is 0.450. The van der Waals surface area contributed by atoms with Gasteiger partial charge in [0.05, 0.1) is 0 Å². The van der Waals surface area contributed by atoms with E-state index in [0.717, 1.165) is 13.1 Å². The van der Waals surface area contributed by atoms with Crippen LogP contribution < -0.4 is 5.32 Å². The fourth-order valence-corrected chi connectivity index (χ4v) is 5.72. The predicted octanol–water partition coefficient (Wildman–Crippen LogP) is 3.52. The molecule has 1 aliphatic carbocycles. The number of hydrogen-bond acceptors (Lipinski definition) is 4. The van der Waals surface area contributed by atoms with Crippen LogP contribution in [0.1, 0.15) is 45.4 Å². The normalized spacial score (nSPS) is 34.8. The van der Waals surface area contributed by atoms with E-state index in [1.54, 1.807) is 0 Å². The first-order valence-corrected chi connectivity index (χ1v) is 9.22. The van der Waals surface area contributed by atoms with Crippen molar-refractivity contribution < 1.29 is 0 Å². The summed E-state index contributed by atoms with van der Waals surface area (Å²) in [6.07, 6.45) is 8.40. The molecule has 0 aromatic carbocycles. The van der Waals surface area contributed by atoms with Gasteiger partial charge in [-0.3, -0.25) is 4.99 Å². The Bertz CT molecular complexity index is 329. The van der Waals surface area contributed by atoms with E-state index in [1.165, 1.54) is 55.2 Å². The largest absolute Gasteiger partial charge is 0.364 e. The molecule has 3 rings (SSSR count). The van der Waals surface area contributed by atoms with Crippen molar-refractivity contribution in [2.75, 3.05) is 24.6 Å². The highest BCUT2D eigenvalue weighted by Gasteiger charge is 2.37. The van der Waals surface area contributed by atoms with Gasteiger partial charge in [0.25, 0.3) is 0 Å². The van der Waals surface area contributed by atoms with Gasteiger partial charge in [0.15, 0.2) is 5.17 Å². The summed E-state index contributed by atoms with van der Waals surface area (Å²) in [6, 6.07) is 0. The van der Waals surface area contributed by atoms with Crippen molar-refractivity contribution in [1.82, 2.24) is 5.32 Å². The van der Waals surface area contributed by atoms with Crippen molar-refractivity contribution >= 4 is 28.7 Å². The van der Waals surface area contributed by atoms with E-state index in [-0.39, 0.29) is 0 Å². The lowest BCUT2D eigenvalue weighted by Gasteiger charge is -2.32. The monoisotopic (exact) mass is 284 g/mol. The van der Waals surface area contributed by atoms with E-state index in [0.29, 0.717) is 10.2 Å². The highest BCUT2D eigenvalue weighted by atomic mass is 32.2. The molecule has 0 aromatic heterocycles. The van der Waals surface area contributed by atoms with Crippen LogP contribution in [0.2, 0.25) is 0 Å². The summed E-state index contributed by atoms with van der Waals surface area (Å²) in [5, 5.41) is 4.81. The summed E-state index contributed by atoms with van der Waals surface area (Å²) >= 11 is 4.10. The molecule has 2 nitrogen and oxygen atoms in total. The van der Waals surface area contributed by atoms with Crippen LogP contribution in [0.5, 0.6) is 0 Å². The zero-order valence-electron chi connectivity index (χ0n) is 11.3. The number of hydrogen-bond donors (Lipinski definition) is 1. The minimum absolute atomic E-state index is 0.450. The van der Waals surface area contributed by atoms with Crippen LogP contribution in [0.15, 0.2) is 4.99 Å². The Balaban J connectivity index is 1.51. The lowest BCUT2D eigenvalue weighted by atomic mass is 9.89. The van der Waals surface area contributed by atoms with Gasteiger partial charge in [-0.1, -0.05) is 24.6 Å². The van der Waals surface area contributed by atoms with Crippen molar-refractivity contribution in [3.63, 3.8) is 0 Å². The highest BCUT2D eigenvalue weighted by molar-refractivity contribution is 8.13. The van der Waals surface area contributed by atoms with Gasteiger partial charge in [0.2, 0.25) is 0 Å². The quantitative estimate of drug-likeness (QED) is 0.839. The molecular formula is C14H24N2S2. The molecule has 3 aliphatic rings. The predicted molar refractivity (Wildman–Crippen MR) is 83.8 cm³/mol. The van der Waals surface area contributed by atoms with E-state index in [1.807, 2.05) is 11.8 Å². The van der Waals surface area contributed by atoms with Crippen LogP contribution >= 0.6 is 23.5 Å². The standard InChI is InChI=1S/C14H24N2S2/c1-13(5-4-8-18-13)9-15-12-16-10-14(11-17-12)6-2-3-7-14/h2-11H2,1H3,(H,15,16). The number of aliphatic imine (C=N–C) groups is 1. The van der Waals surface area contributed by atoms with Crippen molar-refractivity contribution in [2.24, 2.45) is 10.4 Å². The molecule has 2 heterocycles. The number of amidine groups is 1. The molecule has 18 heavy (non-hydrogen) atoms. The molecule has 0 aromatic rings. The maximum Gasteiger partial charge on any atom is 0.156 e. The first-order valence-electron chi connectivity index (χ1n) is 7.25. The Morgan fingerprint density at radius 2 is 2.06 bits per heavy atom. The summed E-state index contributed by atoms with van der Waals surface area (Å²) in [7, 11) is 0. The second-order valence-corrected chi connectivity index (χ2v) is 9.02. The van der Waals surface area contributed by atoms with Crippen molar-refractivity contribution in [2.45, 2.75) is 50.2 Å². The average molecular weight is 284 g/mol. The molecule has 2 fully saturated rings. The molecule has 2 aliphatic heterocycles. The molecule has 1 atom stereocenters. The lowest BCUT2D eigenvalue weighted by molar-refractivity contribution is 0.358. The first-order chi connectivity index (χ1) is 8.70. The Hall–Kier alpha value is 0.170. The van der Waals surface area contributed by atoms with Crippen molar-refractivity contribution in [3.05, 3.63) is 0 Å². The zero-order chi connectivity index (χ0) is 12.5. The fraction of sp³-hybridized carbons (Fsp3) is 0.929. The Labute approximate surface area is 119 Å². The van der Waals surface area contributed by atoms with Gasteiger partial charge in [-0.15, -0.1) is 0 Å². The van der Waals surface area contributed by atoms with Gasteiger partial charge in [0, 0.05) is 23.6 Å². The number of thioether (sulfide) groups is 2. The number of rotatable bonds is 2. The maximum atomic E-state index is 4.82. The van der Waals surface area contributed by atoms with E-state index < -0.39 is 0 Å². The Kier molecular flexibility index (Phi) is 3.86.